The Morgan fingerprint density at radius 2 is 2.33 bits per heavy atom. The molecule has 0 aliphatic heterocycles. The normalized spacial score (nSPS) is 9.50. The molecule has 3 N–H and O–H groups in total. The summed E-state index contributed by atoms with van der Waals surface area (Å²) < 4.78 is 12.9. The molecule has 0 spiro atoms. The molecule has 0 unspecified atom stereocenters. The molecular weight excluding hydrogens is 167 g/mol. The summed E-state index contributed by atoms with van der Waals surface area (Å²) in [4.78, 5) is 13.7. The highest BCUT2D eigenvalue weighted by molar-refractivity contribution is 5.88. The number of rotatable bonds is 2. The molecule has 1 heterocycles. The summed E-state index contributed by atoms with van der Waals surface area (Å²) in [5.74, 6) is -3.01. The van der Waals surface area contributed by atoms with Crippen molar-refractivity contribution in [1.29, 1.82) is 0 Å². The zero-order valence-corrected chi connectivity index (χ0v) is 5.78. The Labute approximate surface area is 66.4 Å². The summed E-state index contributed by atoms with van der Waals surface area (Å²) in [6.45, 7) is 0. The summed E-state index contributed by atoms with van der Waals surface area (Å²) in [7, 11) is 0. The van der Waals surface area contributed by atoms with Gasteiger partial charge in [-0.25, -0.2) is 19.6 Å². The third kappa shape index (κ3) is 1.32. The van der Waals surface area contributed by atoms with Crippen LogP contribution in [0, 0.1) is 5.82 Å². The molecule has 0 saturated carbocycles. The van der Waals surface area contributed by atoms with Gasteiger partial charge in [0.15, 0.2) is 11.6 Å². The summed E-state index contributed by atoms with van der Waals surface area (Å²) in [6, 6.07) is 0.999. The molecule has 0 bridgehead atoms. The predicted octanol–water partition coefficient (Wildman–Crippen LogP) is 0.720. The van der Waals surface area contributed by atoms with Crippen molar-refractivity contribution in [3.05, 3.63) is 23.6 Å². The van der Waals surface area contributed by atoms with Crippen molar-refractivity contribution in [2.24, 2.45) is 0 Å². The Balaban J connectivity index is 3.23. The first-order valence-corrected chi connectivity index (χ1v) is 2.94. The van der Waals surface area contributed by atoms with Crippen molar-refractivity contribution >= 4 is 11.8 Å². The van der Waals surface area contributed by atoms with Crippen LogP contribution in [-0.2, 0) is 0 Å². The van der Waals surface area contributed by atoms with Gasteiger partial charge in [0.05, 0.1) is 0 Å². The van der Waals surface area contributed by atoms with E-state index in [0.29, 0.717) is 0 Å². The molecule has 0 aliphatic rings. The maximum absolute atomic E-state index is 12.9. The number of hydrogen-bond donors (Lipinski definition) is 3. The van der Waals surface area contributed by atoms with Gasteiger partial charge < -0.3 is 5.11 Å². The van der Waals surface area contributed by atoms with Crippen LogP contribution in [0.2, 0.25) is 0 Å². The number of anilines is 1. The van der Waals surface area contributed by atoms with Crippen molar-refractivity contribution in [1.82, 2.24) is 4.98 Å². The van der Waals surface area contributed by atoms with E-state index in [-0.39, 0.29) is 0 Å². The second kappa shape index (κ2) is 3.14. The van der Waals surface area contributed by atoms with Gasteiger partial charge >= 0.3 is 5.97 Å². The van der Waals surface area contributed by atoms with Crippen LogP contribution in [-0.4, -0.2) is 21.3 Å². The zero-order valence-electron chi connectivity index (χ0n) is 5.78. The van der Waals surface area contributed by atoms with Gasteiger partial charge in [-0.15, -0.1) is 0 Å². The van der Waals surface area contributed by atoms with E-state index >= 15 is 0 Å². The molecule has 0 aromatic carbocycles. The topological polar surface area (TPSA) is 82.5 Å². The van der Waals surface area contributed by atoms with Crippen molar-refractivity contribution in [2.75, 3.05) is 5.48 Å². The molecule has 6 heteroatoms. The van der Waals surface area contributed by atoms with Gasteiger partial charge in [0.1, 0.15) is 5.56 Å². The highest BCUT2D eigenvalue weighted by atomic mass is 19.1. The Morgan fingerprint density at radius 3 is 2.83 bits per heavy atom. The van der Waals surface area contributed by atoms with E-state index < -0.39 is 23.2 Å². The molecule has 5 nitrogen and oxygen atoms in total. The van der Waals surface area contributed by atoms with E-state index in [0.717, 1.165) is 12.3 Å². The van der Waals surface area contributed by atoms with Crippen LogP contribution in [0.5, 0.6) is 0 Å². The first-order chi connectivity index (χ1) is 5.66. The molecule has 0 radical (unpaired) electrons. The van der Waals surface area contributed by atoms with Crippen molar-refractivity contribution < 1.29 is 19.5 Å². The molecule has 0 fully saturated rings. The Kier molecular flexibility index (Phi) is 2.20. The molecule has 12 heavy (non-hydrogen) atoms. The summed E-state index contributed by atoms with van der Waals surface area (Å²) in [5.41, 5.74) is 0.901. The highest BCUT2D eigenvalue weighted by Gasteiger charge is 2.13. The number of hydrogen-bond acceptors (Lipinski definition) is 4. The Morgan fingerprint density at radius 1 is 1.67 bits per heavy atom. The van der Waals surface area contributed by atoms with Gasteiger partial charge in [-0.3, -0.25) is 5.21 Å². The average Bonchev–Trinajstić information content (AvgIpc) is 2.04. The molecule has 1 aromatic heterocycles. The fourth-order valence-corrected chi connectivity index (χ4v) is 0.687. The number of nitrogens with one attached hydrogen (secondary N) is 1. The second-order valence-electron chi connectivity index (χ2n) is 1.94. The van der Waals surface area contributed by atoms with Gasteiger partial charge in [-0.05, 0) is 6.07 Å². The Hall–Kier alpha value is -1.69. The second-order valence-corrected chi connectivity index (χ2v) is 1.94. The van der Waals surface area contributed by atoms with E-state index in [2.05, 4.69) is 4.98 Å². The number of pyridine rings is 1. The van der Waals surface area contributed by atoms with Crippen molar-refractivity contribution in [3.63, 3.8) is 0 Å². The van der Waals surface area contributed by atoms with Crippen LogP contribution in [0.15, 0.2) is 12.3 Å². The van der Waals surface area contributed by atoms with E-state index in [9.17, 15) is 9.18 Å². The Bertz CT molecular complexity index is 316. The lowest BCUT2D eigenvalue weighted by molar-refractivity contribution is 0.0692. The van der Waals surface area contributed by atoms with Gasteiger partial charge in [0.2, 0.25) is 0 Å². The third-order valence-corrected chi connectivity index (χ3v) is 1.23. The number of carboxylic acids is 1. The lowest BCUT2D eigenvalue weighted by atomic mass is 10.2. The van der Waals surface area contributed by atoms with Gasteiger partial charge in [-0.2, -0.15) is 0 Å². The predicted molar refractivity (Wildman–Crippen MR) is 36.6 cm³/mol. The number of nitrogens with zero attached hydrogens (tertiary/aromatic N) is 1. The van der Waals surface area contributed by atoms with Crippen LogP contribution in [0.3, 0.4) is 0 Å². The first-order valence-electron chi connectivity index (χ1n) is 2.94. The number of aromatic nitrogens is 1. The highest BCUT2D eigenvalue weighted by Crippen LogP contribution is 2.13. The van der Waals surface area contributed by atoms with Gasteiger partial charge in [0, 0.05) is 6.20 Å². The monoisotopic (exact) mass is 172 g/mol. The molecule has 1 rings (SSSR count). The van der Waals surface area contributed by atoms with E-state index in [1.165, 1.54) is 5.48 Å². The van der Waals surface area contributed by atoms with E-state index in [1.807, 2.05) is 0 Å². The van der Waals surface area contributed by atoms with Crippen LogP contribution < -0.4 is 5.48 Å². The molecular formula is C6H5FN2O3. The van der Waals surface area contributed by atoms with E-state index in [4.69, 9.17) is 10.3 Å². The minimum Gasteiger partial charge on any atom is -0.478 e. The number of carboxylic acid groups (broad SMARTS) is 1. The lowest BCUT2D eigenvalue weighted by Gasteiger charge is -2.00. The van der Waals surface area contributed by atoms with E-state index in [1.54, 1.807) is 0 Å². The van der Waals surface area contributed by atoms with Crippen molar-refractivity contribution in [2.45, 2.75) is 0 Å². The van der Waals surface area contributed by atoms with Crippen molar-refractivity contribution in [3.8, 4) is 0 Å². The summed E-state index contributed by atoms with van der Waals surface area (Å²) in [6.07, 6.45) is 1.07. The lowest BCUT2D eigenvalue weighted by Crippen LogP contribution is -2.05. The standard InChI is InChI=1S/C6H5FN2O3/c7-4-3(6(10)11)1-2-8-5(4)9-12/h1-2,12H,(H,8,9)(H,10,11). The number of aromatic carboxylic acids is 1. The van der Waals surface area contributed by atoms with Crippen LogP contribution in [0.1, 0.15) is 10.4 Å². The van der Waals surface area contributed by atoms with Crippen LogP contribution in [0.4, 0.5) is 10.2 Å². The molecule has 0 saturated heterocycles. The minimum atomic E-state index is -1.41. The third-order valence-electron chi connectivity index (χ3n) is 1.23. The maximum atomic E-state index is 12.9. The molecule has 0 amide bonds. The van der Waals surface area contributed by atoms with Gasteiger partial charge in [-0.1, -0.05) is 0 Å². The molecule has 0 aliphatic carbocycles. The quantitative estimate of drug-likeness (QED) is 0.572. The first kappa shape index (κ1) is 8.41. The van der Waals surface area contributed by atoms with Crippen LogP contribution >= 0.6 is 0 Å². The largest absolute Gasteiger partial charge is 0.478 e. The molecule has 0 atom stereocenters. The fourth-order valence-electron chi connectivity index (χ4n) is 0.687. The minimum absolute atomic E-state index is 0.505. The zero-order chi connectivity index (χ0) is 9.14. The van der Waals surface area contributed by atoms with Crippen LogP contribution in [0.25, 0.3) is 0 Å². The number of carbonyl (C=O) groups is 1. The van der Waals surface area contributed by atoms with Gasteiger partial charge in [0.25, 0.3) is 0 Å². The molecule has 1 aromatic rings. The SMILES string of the molecule is O=C(O)c1ccnc(NO)c1F. The molecule has 64 valence electrons. The average molecular weight is 172 g/mol. The maximum Gasteiger partial charge on any atom is 0.338 e. The summed E-state index contributed by atoms with van der Waals surface area (Å²) in [5, 5.41) is 16.7. The smallest absolute Gasteiger partial charge is 0.338 e. The fraction of sp³-hybridized carbons (Fsp3) is 0. The number of halogens is 1. The summed E-state index contributed by atoms with van der Waals surface area (Å²) >= 11 is 0.